The van der Waals surface area contributed by atoms with Crippen molar-refractivity contribution in [2.75, 3.05) is 0 Å². The van der Waals surface area contributed by atoms with Gasteiger partial charge in [0.2, 0.25) is 0 Å². The van der Waals surface area contributed by atoms with Gasteiger partial charge in [-0.25, -0.2) is 14.1 Å². The first-order valence-electron chi connectivity index (χ1n) is 4.48. The summed E-state index contributed by atoms with van der Waals surface area (Å²) in [5, 5.41) is 5.71. The molecule has 1 atom stereocenters. The summed E-state index contributed by atoms with van der Waals surface area (Å²) in [6.07, 6.45) is 0. The third-order valence-corrected chi connectivity index (χ3v) is 2.72. The van der Waals surface area contributed by atoms with Crippen LogP contribution in [0.1, 0.15) is 0 Å². The molecule has 0 aliphatic rings. The summed E-state index contributed by atoms with van der Waals surface area (Å²) in [6.45, 7) is 0. The van der Waals surface area contributed by atoms with Gasteiger partial charge in [-0.05, 0) is 12.1 Å². The molecule has 2 aromatic rings. The Hall–Kier alpha value is -2.06. The lowest BCUT2D eigenvalue weighted by Gasteiger charge is -1.99. The maximum Gasteiger partial charge on any atom is 0.342 e. The molecule has 8 heteroatoms. The van der Waals surface area contributed by atoms with Crippen LogP contribution in [0.4, 0.5) is 0 Å². The lowest BCUT2D eigenvalue weighted by Crippen LogP contribution is -2.25. The van der Waals surface area contributed by atoms with Crippen molar-refractivity contribution in [2.24, 2.45) is 0 Å². The molecule has 2 rings (SSSR count). The molecule has 0 fully saturated rings. The van der Waals surface area contributed by atoms with Gasteiger partial charge in [-0.1, -0.05) is 12.1 Å². The van der Waals surface area contributed by atoms with Gasteiger partial charge in [-0.3, -0.25) is 9.78 Å². The number of hydrogen-bond acceptors (Lipinski definition) is 4. The smallest absolute Gasteiger partial charge is 0.302 e. The van der Waals surface area contributed by atoms with E-state index in [2.05, 4.69) is 10.2 Å². The molecule has 0 saturated carbocycles. The minimum atomic E-state index is -2.07. The predicted octanol–water partition coefficient (Wildman–Crippen LogP) is -0.294. The van der Waals surface area contributed by atoms with Crippen molar-refractivity contribution < 1.29 is 8.76 Å². The van der Waals surface area contributed by atoms with Gasteiger partial charge in [0.05, 0.1) is 4.90 Å². The average Bonchev–Trinajstić information content (AvgIpc) is 2.29. The quantitative estimate of drug-likeness (QED) is 0.636. The number of hydrogen-bond donors (Lipinski definition) is 3. The van der Waals surface area contributed by atoms with Crippen LogP contribution in [0.15, 0.2) is 38.8 Å². The van der Waals surface area contributed by atoms with Crippen LogP contribution in [0.3, 0.4) is 0 Å². The third-order valence-electron chi connectivity index (χ3n) is 2.04. The Labute approximate surface area is 96.8 Å². The summed E-state index contributed by atoms with van der Waals surface area (Å²) in [5.41, 5.74) is -0.824. The molecule has 0 bridgehead atoms. The van der Waals surface area contributed by atoms with Gasteiger partial charge in [0.15, 0.2) is 16.8 Å². The Morgan fingerprint density at radius 1 is 1.18 bits per heavy atom. The van der Waals surface area contributed by atoms with Gasteiger partial charge in [0, 0.05) is 5.56 Å². The molecule has 17 heavy (non-hydrogen) atoms. The summed E-state index contributed by atoms with van der Waals surface area (Å²) in [4.78, 5) is 24.4. The van der Waals surface area contributed by atoms with Crippen LogP contribution in [0.5, 0.6) is 0 Å². The standard InChI is InChI=1S/C9H7N3O4S/c13-8-7(11-12-9(14)10-8)5-1-3-6(4-2-5)17(15)16/h1-4H,(H,15,16)(H2,10,12,13,14). The lowest BCUT2D eigenvalue weighted by molar-refractivity contribution is 0.564. The minimum absolute atomic E-state index is 0.0415. The Morgan fingerprint density at radius 3 is 2.35 bits per heavy atom. The summed E-state index contributed by atoms with van der Waals surface area (Å²) in [6, 6.07) is 5.74. The molecule has 88 valence electrons. The maximum atomic E-state index is 11.4. The summed E-state index contributed by atoms with van der Waals surface area (Å²) < 4.78 is 19.6. The molecule has 1 aromatic carbocycles. The van der Waals surface area contributed by atoms with E-state index in [4.69, 9.17) is 4.55 Å². The largest absolute Gasteiger partial charge is 0.342 e. The van der Waals surface area contributed by atoms with Crippen LogP contribution in [-0.4, -0.2) is 23.9 Å². The molecule has 0 saturated heterocycles. The highest BCUT2D eigenvalue weighted by Crippen LogP contribution is 2.14. The number of benzene rings is 1. The highest BCUT2D eigenvalue weighted by atomic mass is 32.2. The Morgan fingerprint density at radius 2 is 1.82 bits per heavy atom. The van der Waals surface area contributed by atoms with E-state index >= 15 is 0 Å². The van der Waals surface area contributed by atoms with Crippen LogP contribution in [0.2, 0.25) is 0 Å². The first-order valence-corrected chi connectivity index (χ1v) is 5.59. The van der Waals surface area contributed by atoms with Crippen molar-refractivity contribution in [3.8, 4) is 11.3 Å². The van der Waals surface area contributed by atoms with Crippen molar-refractivity contribution in [1.82, 2.24) is 15.2 Å². The molecule has 1 aromatic heterocycles. The highest BCUT2D eigenvalue weighted by Gasteiger charge is 2.06. The van der Waals surface area contributed by atoms with Crippen LogP contribution in [-0.2, 0) is 11.1 Å². The number of rotatable bonds is 2. The van der Waals surface area contributed by atoms with E-state index < -0.39 is 22.3 Å². The fraction of sp³-hybridized carbons (Fsp3) is 0. The molecule has 0 aliphatic heterocycles. The highest BCUT2D eigenvalue weighted by molar-refractivity contribution is 7.79. The minimum Gasteiger partial charge on any atom is -0.302 e. The fourth-order valence-electron chi connectivity index (χ4n) is 1.27. The van der Waals surface area contributed by atoms with Gasteiger partial charge in [-0.15, -0.1) is 0 Å². The van der Waals surface area contributed by atoms with Gasteiger partial charge < -0.3 is 4.55 Å². The molecule has 0 aliphatic carbocycles. The SMILES string of the molecule is O=c1[nH]nc(-c2ccc(S(=O)O)cc2)c(=O)[nH]1. The summed E-state index contributed by atoms with van der Waals surface area (Å²) in [5.74, 6) is 0. The number of aromatic amines is 2. The summed E-state index contributed by atoms with van der Waals surface area (Å²) in [7, 11) is 0. The molecule has 0 spiro atoms. The zero-order valence-corrected chi connectivity index (χ0v) is 9.15. The van der Waals surface area contributed by atoms with Gasteiger partial charge in [-0.2, -0.15) is 5.10 Å². The van der Waals surface area contributed by atoms with Gasteiger partial charge in [0.25, 0.3) is 5.56 Å². The zero-order chi connectivity index (χ0) is 12.4. The fourth-order valence-corrected chi connectivity index (χ4v) is 1.64. The normalized spacial score (nSPS) is 12.3. The van der Waals surface area contributed by atoms with E-state index in [1.807, 2.05) is 4.98 Å². The van der Waals surface area contributed by atoms with Gasteiger partial charge >= 0.3 is 5.69 Å². The Bertz CT molecular complexity index is 674. The monoisotopic (exact) mass is 253 g/mol. The Balaban J connectivity index is 2.50. The first-order chi connectivity index (χ1) is 8.08. The first kappa shape index (κ1) is 11.4. The van der Waals surface area contributed by atoms with E-state index in [0.717, 1.165) is 0 Å². The number of aromatic nitrogens is 3. The molecule has 7 nitrogen and oxygen atoms in total. The topological polar surface area (TPSA) is 116 Å². The van der Waals surface area contributed by atoms with E-state index in [9.17, 15) is 13.8 Å². The second-order valence-electron chi connectivity index (χ2n) is 3.13. The molecule has 1 heterocycles. The lowest BCUT2D eigenvalue weighted by atomic mass is 10.2. The van der Waals surface area contributed by atoms with Crippen LogP contribution < -0.4 is 11.2 Å². The van der Waals surface area contributed by atoms with E-state index in [1.54, 1.807) is 0 Å². The van der Waals surface area contributed by atoms with Crippen LogP contribution in [0, 0.1) is 0 Å². The number of nitrogens with one attached hydrogen (secondary N) is 2. The van der Waals surface area contributed by atoms with E-state index in [0.29, 0.717) is 5.56 Å². The van der Waals surface area contributed by atoms with Crippen molar-refractivity contribution in [3.05, 3.63) is 45.1 Å². The van der Waals surface area contributed by atoms with Crippen LogP contribution >= 0.6 is 0 Å². The van der Waals surface area contributed by atoms with Crippen LogP contribution in [0.25, 0.3) is 11.3 Å². The molecule has 3 N–H and O–H groups in total. The van der Waals surface area contributed by atoms with E-state index in [-0.39, 0.29) is 10.6 Å². The summed E-state index contributed by atoms with van der Waals surface area (Å²) >= 11 is -2.07. The third kappa shape index (κ3) is 2.37. The molecular formula is C9H7N3O4S. The van der Waals surface area contributed by atoms with Gasteiger partial charge in [0.1, 0.15) is 0 Å². The van der Waals surface area contributed by atoms with E-state index in [1.165, 1.54) is 24.3 Å². The van der Waals surface area contributed by atoms with Crippen molar-refractivity contribution in [3.63, 3.8) is 0 Å². The maximum absolute atomic E-state index is 11.4. The number of nitrogens with zero attached hydrogens (tertiary/aromatic N) is 1. The molecular weight excluding hydrogens is 246 g/mol. The molecule has 1 unspecified atom stereocenters. The average molecular weight is 253 g/mol. The molecule has 0 amide bonds. The predicted molar refractivity (Wildman–Crippen MR) is 60.0 cm³/mol. The van der Waals surface area contributed by atoms with Crippen molar-refractivity contribution in [1.29, 1.82) is 0 Å². The number of H-pyrrole nitrogens is 2. The second-order valence-corrected chi connectivity index (χ2v) is 4.10. The zero-order valence-electron chi connectivity index (χ0n) is 8.34. The molecule has 0 radical (unpaired) electrons. The van der Waals surface area contributed by atoms with Crippen molar-refractivity contribution >= 4 is 11.1 Å². The second kappa shape index (κ2) is 4.44. The van der Waals surface area contributed by atoms with Crippen molar-refractivity contribution in [2.45, 2.75) is 4.90 Å². The Kier molecular flexibility index (Phi) is 2.98.